The van der Waals surface area contributed by atoms with E-state index < -0.39 is 6.29 Å². The van der Waals surface area contributed by atoms with Gasteiger partial charge in [-0.05, 0) is 49.8 Å². The zero-order valence-corrected chi connectivity index (χ0v) is 17.4. The van der Waals surface area contributed by atoms with Gasteiger partial charge in [-0.25, -0.2) is 4.98 Å². The normalized spacial score (nSPS) is 21.8. The molecule has 0 saturated heterocycles. The van der Waals surface area contributed by atoms with Crippen LogP contribution in [0.4, 0.5) is 0 Å². The molecule has 1 aromatic heterocycles. The fourth-order valence-corrected chi connectivity index (χ4v) is 3.87. The topological polar surface area (TPSA) is 96.5 Å². The Morgan fingerprint density at radius 1 is 1.38 bits per heavy atom. The Labute approximate surface area is 171 Å². The molecule has 0 aliphatic carbocycles. The highest BCUT2D eigenvalue weighted by Crippen LogP contribution is 2.37. The monoisotopic (exact) mass is 401 g/mol. The Morgan fingerprint density at radius 2 is 2.17 bits per heavy atom. The Kier molecular flexibility index (Phi) is 7.28. The minimum atomic E-state index is -0.490. The number of aliphatic hydroxyl groups is 1. The zero-order valence-electron chi connectivity index (χ0n) is 17.4. The number of aromatic nitrogens is 2. The minimum absolute atomic E-state index is 0.106. The van der Waals surface area contributed by atoms with Crippen LogP contribution in [0.15, 0.2) is 36.1 Å². The summed E-state index contributed by atoms with van der Waals surface area (Å²) in [6.07, 6.45) is 2.89. The molecule has 0 spiro atoms. The van der Waals surface area contributed by atoms with Crippen LogP contribution in [-0.4, -0.2) is 40.5 Å². The summed E-state index contributed by atoms with van der Waals surface area (Å²) in [5, 5.41) is 12.1. The average Bonchev–Trinajstić information content (AvgIpc) is 3.13. The molecule has 2 heterocycles. The smallest absolute Gasteiger partial charge is 0.286 e. The number of rotatable bonds is 9. The second-order valence-corrected chi connectivity index (χ2v) is 7.71. The van der Waals surface area contributed by atoms with E-state index in [9.17, 15) is 9.90 Å². The van der Waals surface area contributed by atoms with E-state index in [-0.39, 0.29) is 30.9 Å². The van der Waals surface area contributed by atoms with E-state index in [1.165, 1.54) is 0 Å². The molecule has 0 bridgehead atoms. The number of nitrogens with zero attached hydrogens (tertiary/aromatic N) is 1. The van der Waals surface area contributed by atoms with Crippen LogP contribution in [-0.2, 0) is 20.8 Å². The van der Waals surface area contributed by atoms with E-state index >= 15 is 0 Å². The first kappa shape index (κ1) is 21.3. The zero-order chi connectivity index (χ0) is 20.8. The van der Waals surface area contributed by atoms with Gasteiger partial charge in [-0.3, -0.25) is 4.79 Å². The number of nitrogens with one attached hydrogen (secondary N) is 2. The number of hydrogen-bond acceptors (Lipinski definition) is 5. The molecule has 3 rings (SSSR count). The molecule has 0 unspecified atom stereocenters. The van der Waals surface area contributed by atoms with E-state index in [1.807, 2.05) is 37.3 Å². The summed E-state index contributed by atoms with van der Waals surface area (Å²) in [6, 6.07) is 7.75. The maximum absolute atomic E-state index is 12.8. The number of para-hydroxylation sites is 2. The lowest BCUT2D eigenvalue weighted by molar-refractivity contribution is -0.175. The molecule has 1 aliphatic heterocycles. The van der Waals surface area contributed by atoms with Crippen molar-refractivity contribution >= 4 is 16.9 Å². The second-order valence-electron chi connectivity index (χ2n) is 7.71. The number of imidazole rings is 1. The lowest BCUT2D eigenvalue weighted by atomic mass is 9.78. The maximum Gasteiger partial charge on any atom is 0.286 e. The maximum atomic E-state index is 12.8. The van der Waals surface area contributed by atoms with Gasteiger partial charge in [0.15, 0.2) is 5.76 Å². The first-order valence-electron chi connectivity index (χ1n) is 10.4. The third-order valence-corrected chi connectivity index (χ3v) is 5.31. The number of allylic oxidation sites excluding steroid dienone is 1. The SMILES string of the molecule is CCO[C@H]1OC(C(=O)NCc2nc3ccccc3[nH]2)=C[C@@H](C(C)C)[C@H]1CCCO. The van der Waals surface area contributed by atoms with Gasteiger partial charge in [-0.15, -0.1) is 0 Å². The van der Waals surface area contributed by atoms with E-state index in [0.717, 1.165) is 17.5 Å². The summed E-state index contributed by atoms with van der Waals surface area (Å²) in [5.41, 5.74) is 1.81. The number of amides is 1. The van der Waals surface area contributed by atoms with Crippen LogP contribution in [0.25, 0.3) is 11.0 Å². The summed E-state index contributed by atoms with van der Waals surface area (Å²) in [6.45, 7) is 7.09. The van der Waals surface area contributed by atoms with Crippen molar-refractivity contribution in [2.45, 2.75) is 46.4 Å². The fraction of sp³-hybridized carbons (Fsp3) is 0.545. The van der Waals surface area contributed by atoms with Gasteiger partial charge in [0.2, 0.25) is 6.29 Å². The quantitative estimate of drug-likeness (QED) is 0.600. The van der Waals surface area contributed by atoms with Gasteiger partial charge in [0.05, 0.1) is 17.6 Å². The molecule has 7 heteroatoms. The Balaban J connectivity index is 1.71. The first-order chi connectivity index (χ1) is 14.0. The summed E-state index contributed by atoms with van der Waals surface area (Å²) >= 11 is 0. The van der Waals surface area contributed by atoms with Gasteiger partial charge in [-0.1, -0.05) is 26.0 Å². The van der Waals surface area contributed by atoms with Gasteiger partial charge in [-0.2, -0.15) is 0 Å². The minimum Gasteiger partial charge on any atom is -0.459 e. The van der Waals surface area contributed by atoms with Gasteiger partial charge in [0.25, 0.3) is 5.91 Å². The van der Waals surface area contributed by atoms with Crippen molar-refractivity contribution in [1.29, 1.82) is 0 Å². The largest absolute Gasteiger partial charge is 0.459 e. The standard InChI is InChI=1S/C22H31N3O4/c1-4-28-22-15(8-7-11-26)16(14(2)3)12-19(29-22)21(27)23-13-20-24-17-9-5-6-10-18(17)25-20/h5-6,9-10,12,14-16,22,26H,4,7-8,11,13H2,1-3H3,(H,23,27)(H,24,25)/t15-,16+,22+/m1/s1. The van der Waals surface area contributed by atoms with Gasteiger partial charge in [0, 0.05) is 19.1 Å². The molecule has 7 nitrogen and oxygen atoms in total. The molecule has 1 aromatic carbocycles. The predicted molar refractivity (Wildman–Crippen MR) is 111 cm³/mol. The number of carbonyl (C=O) groups is 1. The van der Waals surface area contributed by atoms with Crippen molar-refractivity contribution in [1.82, 2.24) is 15.3 Å². The lowest BCUT2D eigenvalue weighted by Crippen LogP contribution is -2.41. The molecule has 1 amide bonds. The summed E-state index contributed by atoms with van der Waals surface area (Å²) < 4.78 is 11.8. The molecule has 3 N–H and O–H groups in total. The molecule has 3 atom stereocenters. The van der Waals surface area contributed by atoms with Crippen LogP contribution in [0, 0.1) is 17.8 Å². The van der Waals surface area contributed by atoms with Gasteiger partial charge in [0.1, 0.15) is 5.82 Å². The van der Waals surface area contributed by atoms with Crippen molar-refractivity contribution in [3.8, 4) is 0 Å². The number of benzene rings is 1. The third-order valence-electron chi connectivity index (χ3n) is 5.31. The number of ether oxygens (including phenoxy) is 2. The molecule has 0 saturated carbocycles. The highest BCUT2D eigenvalue weighted by molar-refractivity contribution is 5.91. The van der Waals surface area contributed by atoms with Crippen molar-refractivity contribution in [2.24, 2.45) is 17.8 Å². The number of H-pyrrole nitrogens is 1. The number of aliphatic hydroxyl groups excluding tert-OH is 1. The number of aromatic amines is 1. The fourth-order valence-electron chi connectivity index (χ4n) is 3.87. The lowest BCUT2D eigenvalue weighted by Gasteiger charge is -2.38. The van der Waals surface area contributed by atoms with Crippen LogP contribution in [0.1, 0.15) is 39.4 Å². The van der Waals surface area contributed by atoms with Gasteiger partial charge >= 0.3 is 0 Å². The van der Waals surface area contributed by atoms with E-state index in [4.69, 9.17) is 9.47 Å². The molecule has 0 fully saturated rings. The van der Waals surface area contributed by atoms with Crippen LogP contribution in [0.5, 0.6) is 0 Å². The molecule has 0 radical (unpaired) electrons. The van der Waals surface area contributed by atoms with E-state index in [2.05, 4.69) is 29.1 Å². The molecule has 29 heavy (non-hydrogen) atoms. The second kappa shape index (κ2) is 9.89. The number of carbonyl (C=O) groups excluding carboxylic acids is 1. The third kappa shape index (κ3) is 5.16. The predicted octanol–water partition coefficient (Wildman–Crippen LogP) is 3.12. The molecule has 158 valence electrons. The molecular weight excluding hydrogens is 370 g/mol. The highest BCUT2D eigenvalue weighted by Gasteiger charge is 2.38. The molecule has 2 aromatic rings. The van der Waals surface area contributed by atoms with Crippen molar-refractivity contribution < 1.29 is 19.4 Å². The van der Waals surface area contributed by atoms with Crippen LogP contribution in [0.3, 0.4) is 0 Å². The van der Waals surface area contributed by atoms with Crippen LogP contribution < -0.4 is 5.32 Å². The average molecular weight is 402 g/mol. The molecule has 1 aliphatic rings. The highest BCUT2D eigenvalue weighted by atomic mass is 16.7. The molecular formula is C22H31N3O4. The van der Waals surface area contributed by atoms with Crippen LogP contribution >= 0.6 is 0 Å². The van der Waals surface area contributed by atoms with Gasteiger partial charge < -0.3 is 24.9 Å². The summed E-state index contributed by atoms with van der Waals surface area (Å²) in [7, 11) is 0. The summed E-state index contributed by atoms with van der Waals surface area (Å²) in [5.74, 6) is 1.27. The van der Waals surface area contributed by atoms with Crippen molar-refractivity contribution in [3.63, 3.8) is 0 Å². The Morgan fingerprint density at radius 3 is 2.86 bits per heavy atom. The van der Waals surface area contributed by atoms with Crippen molar-refractivity contribution in [2.75, 3.05) is 13.2 Å². The Bertz CT molecular complexity index is 812. The summed E-state index contributed by atoms with van der Waals surface area (Å²) in [4.78, 5) is 20.5. The van der Waals surface area contributed by atoms with Crippen LogP contribution in [0.2, 0.25) is 0 Å². The van der Waals surface area contributed by atoms with Crippen molar-refractivity contribution in [3.05, 3.63) is 41.9 Å². The number of hydrogen-bond donors (Lipinski definition) is 3. The van der Waals surface area contributed by atoms with E-state index in [0.29, 0.717) is 30.5 Å². The number of fused-ring (bicyclic) bond motifs is 1. The Hall–Kier alpha value is -2.38. The first-order valence-corrected chi connectivity index (χ1v) is 10.4. The van der Waals surface area contributed by atoms with E-state index in [1.54, 1.807) is 0 Å².